The fourth-order valence-corrected chi connectivity index (χ4v) is 4.03. The Balaban J connectivity index is 1.61. The molecule has 0 radical (unpaired) electrons. The van der Waals surface area contributed by atoms with Crippen LogP contribution in [0.4, 0.5) is 0 Å². The molecule has 0 atom stereocenters. The molecule has 2 heterocycles. The van der Waals surface area contributed by atoms with Crippen molar-refractivity contribution >= 4 is 34.3 Å². The number of nitrogens with zero attached hydrogens (tertiary/aromatic N) is 4. The van der Waals surface area contributed by atoms with Crippen LogP contribution < -0.4 is 5.56 Å². The van der Waals surface area contributed by atoms with Crippen LogP contribution in [-0.4, -0.2) is 19.7 Å². The molecule has 4 rings (SSSR count). The van der Waals surface area contributed by atoms with Crippen LogP contribution in [0.1, 0.15) is 25.7 Å². The van der Waals surface area contributed by atoms with Crippen molar-refractivity contribution in [1.29, 1.82) is 0 Å². The maximum atomic E-state index is 12.9. The first-order valence-electron chi connectivity index (χ1n) is 9.37. The first kappa shape index (κ1) is 19.7. The highest BCUT2D eigenvalue weighted by Gasteiger charge is 2.15. The average Bonchev–Trinajstić information content (AvgIpc) is 3.21. The van der Waals surface area contributed by atoms with Gasteiger partial charge in [0.2, 0.25) is 11.8 Å². The molecule has 0 amide bonds. The molecule has 6 nitrogen and oxygen atoms in total. The summed E-state index contributed by atoms with van der Waals surface area (Å²) in [5.74, 6) is 1.24. The molecule has 0 unspecified atom stereocenters. The van der Waals surface area contributed by atoms with Crippen molar-refractivity contribution in [2.45, 2.75) is 37.2 Å². The third-order valence-corrected chi connectivity index (χ3v) is 5.75. The minimum Gasteiger partial charge on any atom is -0.420 e. The van der Waals surface area contributed by atoms with Gasteiger partial charge in [0.15, 0.2) is 5.16 Å². The van der Waals surface area contributed by atoms with Crippen molar-refractivity contribution in [3.8, 4) is 11.5 Å². The largest absolute Gasteiger partial charge is 0.420 e. The van der Waals surface area contributed by atoms with E-state index in [0.29, 0.717) is 50.7 Å². The first-order chi connectivity index (χ1) is 14.2. The molecule has 0 N–H and O–H groups in total. The predicted molar refractivity (Wildman–Crippen MR) is 115 cm³/mol. The molecule has 8 heteroatoms. The average molecular weight is 427 g/mol. The van der Waals surface area contributed by atoms with E-state index in [-0.39, 0.29) is 5.56 Å². The van der Waals surface area contributed by atoms with E-state index in [2.05, 4.69) is 17.1 Å². The molecule has 148 valence electrons. The van der Waals surface area contributed by atoms with Gasteiger partial charge in [-0.3, -0.25) is 9.36 Å². The summed E-state index contributed by atoms with van der Waals surface area (Å²) in [5, 5.41) is 10.0. The Morgan fingerprint density at radius 1 is 1.10 bits per heavy atom. The smallest absolute Gasteiger partial charge is 0.262 e. The number of para-hydroxylation sites is 1. The summed E-state index contributed by atoms with van der Waals surface area (Å²) in [6, 6.07) is 14.7. The molecule has 0 fully saturated rings. The van der Waals surface area contributed by atoms with E-state index in [0.717, 1.165) is 12.8 Å². The molecular weight excluding hydrogens is 408 g/mol. The van der Waals surface area contributed by atoms with Gasteiger partial charge in [0.1, 0.15) is 0 Å². The molecule has 0 aliphatic carbocycles. The van der Waals surface area contributed by atoms with Crippen molar-refractivity contribution in [2.75, 3.05) is 0 Å². The second-order valence-electron chi connectivity index (χ2n) is 6.49. The van der Waals surface area contributed by atoms with Crippen LogP contribution in [0.5, 0.6) is 0 Å². The molecule has 2 aromatic carbocycles. The normalized spacial score (nSPS) is 11.2. The highest BCUT2D eigenvalue weighted by Crippen LogP contribution is 2.28. The Morgan fingerprint density at radius 2 is 1.90 bits per heavy atom. The van der Waals surface area contributed by atoms with E-state index in [1.165, 1.54) is 11.8 Å². The Kier molecular flexibility index (Phi) is 5.97. The van der Waals surface area contributed by atoms with Gasteiger partial charge in [-0.2, -0.15) is 0 Å². The minimum atomic E-state index is -0.0196. The van der Waals surface area contributed by atoms with E-state index in [1.54, 1.807) is 10.6 Å². The van der Waals surface area contributed by atoms with Crippen LogP contribution in [0.25, 0.3) is 22.4 Å². The van der Waals surface area contributed by atoms with Crippen LogP contribution in [-0.2, 0) is 12.3 Å². The zero-order valence-electron chi connectivity index (χ0n) is 15.8. The van der Waals surface area contributed by atoms with Gasteiger partial charge >= 0.3 is 0 Å². The molecule has 0 aliphatic heterocycles. The standard InChI is InChI=1S/C21H19ClN4O2S/c1-2-3-12-26-20(27)15-9-5-7-11-17(15)23-21(26)29-13-18-24-25-19(28-18)14-8-4-6-10-16(14)22/h4-11H,2-3,12-13H2,1H3. The number of hydrogen-bond donors (Lipinski definition) is 0. The number of fused-ring (bicyclic) bond motifs is 1. The number of halogens is 1. The SMILES string of the molecule is CCCCn1c(SCc2nnc(-c3ccccc3Cl)o2)nc2ccccc2c1=O. The summed E-state index contributed by atoms with van der Waals surface area (Å²) in [6.45, 7) is 2.73. The fraction of sp³-hybridized carbons (Fsp3) is 0.238. The topological polar surface area (TPSA) is 73.8 Å². The highest BCUT2D eigenvalue weighted by molar-refractivity contribution is 7.98. The third kappa shape index (κ3) is 4.21. The molecule has 4 aromatic rings. The molecule has 0 saturated heterocycles. The molecule has 0 aliphatic rings. The number of unbranched alkanes of at least 4 members (excludes halogenated alkanes) is 1. The lowest BCUT2D eigenvalue weighted by molar-refractivity contribution is 0.526. The Hall–Kier alpha value is -2.64. The van der Waals surface area contributed by atoms with Crippen molar-refractivity contribution < 1.29 is 4.42 Å². The highest BCUT2D eigenvalue weighted by atomic mass is 35.5. The lowest BCUT2D eigenvalue weighted by atomic mass is 10.2. The van der Waals surface area contributed by atoms with Crippen LogP contribution >= 0.6 is 23.4 Å². The number of hydrogen-bond acceptors (Lipinski definition) is 6. The van der Waals surface area contributed by atoms with E-state index in [1.807, 2.05) is 42.5 Å². The lowest BCUT2D eigenvalue weighted by Gasteiger charge is -2.12. The second-order valence-corrected chi connectivity index (χ2v) is 7.84. The van der Waals surface area contributed by atoms with Crippen LogP contribution in [0.2, 0.25) is 5.02 Å². The van der Waals surface area contributed by atoms with Crippen LogP contribution in [0, 0.1) is 0 Å². The van der Waals surface area contributed by atoms with Gasteiger partial charge in [-0.15, -0.1) is 10.2 Å². The lowest BCUT2D eigenvalue weighted by Crippen LogP contribution is -2.23. The van der Waals surface area contributed by atoms with Crippen molar-refractivity contribution in [2.24, 2.45) is 0 Å². The molecule has 2 aromatic heterocycles. The quantitative estimate of drug-likeness (QED) is 0.299. The van der Waals surface area contributed by atoms with E-state index >= 15 is 0 Å². The number of aromatic nitrogens is 4. The number of rotatable bonds is 7. The predicted octanol–water partition coefficient (Wildman–Crippen LogP) is 5.19. The summed E-state index contributed by atoms with van der Waals surface area (Å²) in [4.78, 5) is 17.6. The van der Waals surface area contributed by atoms with E-state index in [9.17, 15) is 4.79 Å². The molecular formula is C21H19ClN4O2S. The van der Waals surface area contributed by atoms with Gasteiger partial charge in [-0.25, -0.2) is 4.98 Å². The number of benzene rings is 2. The Labute approximate surface area is 176 Å². The van der Waals surface area contributed by atoms with Gasteiger partial charge in [-0.05, 0) is 30.7 Å². The van der Waals surface area contributed by atoms with Crippen LogP contribution in [0.15, 0.2) is 62.9 Å². The van der Waals surface area contributed by atoms with Crippen molar-refractivity contribution in [1.82, 2.24) is 19.7 Å². The van der Waals surface area contributed by atoms with Gasteiger partial charge in [0.05, 0.1) is 27.2 Å². The fourth-order valence-electron chi connectivity index (χ4n) is 2.95. The van der Waals surface area contributed by atoms with Crippen molar-refractivity contribution in [3.63, 3.8) is 0 Å². The summed E-state index contributed by atoms with van der Waals surface area (Å²) in [7, 11) is 0. The second kappa shape index (κ2) is 8.80. The Bertz CT molecular complexity index is 1200. The van der Waals surface area contributed by atoms with Gasteiger partial charge in [-0.1, -0.05) is 61.0 Å². The van der Waals surface area contributed by atoms with Crippen molar-refractivity contribution in [3.05, 3.63) is 69.8 Å². The van der Waals surface area contributed by atoms with Gasteiger partial charge in [0, 0.05) is 6.54 Å². The zero-order chi connectivity index (χ0) is 20.2. The maximum absolute atomic E-state index is 12.9. The summed E-state index contributed by atoms with van der Waals surface area (Å²) in [6.07, 6.45) is 1.90. The van der Waals surface area contributed by atoms with E-state index in [4.69, 9.17) is 21.0 Å². The summed E-state index contributed by atoms with van der Waals surface area (Å²) < 4.78 is 7.51. The summed E-state index contributed by atoms with van der Waals surface area (Å²) in [5.41, 5.74) is 1.37. The first-order valence-corrected chi connectivity index (χ1v) is 10.7. The Morgan fingerprint density at radius 3 is 2.72 bits per heavy atom. The molecule has 29 heavy (non-hydrogen) atoms. The summed E-state index contributed by atoms with van der Waals surface area (Å²) >= 11 is 7.62. The maximum Gasteiger partial charge on any atom is 0.262 e. The van der Waals surface area contributed by atoms with Gasteiger partial charge in [0.25, 0.3) is 5.56 Å². The molecule has 0 spiro atoms. The zero-order valence-corrected chi connectivity index (χ0v) is 17.4. The molecule has 0 saturated carbocycles. The van der Waals surface area contributed by atoms with Crippen LogP contribution in [0.3, 0.4) is 0 Å². The minimum absolute atomic E-state index is 0.0196. The van der Waals surface area contributed by atoms with E-state index < -0.39 is 0 Å². The number of thioether (sulfide) groups is 1. The van der Waals surface area contributed by atoms with Gasteiger partial charge < -0.3 is 4.42 Å². The molecule has 0 bridgehead atoms. The monoisotopic (exact) mass is 426 g/mol. The third-order valence-electron chi connectivity index (χ3n) is 4.46.